The number of nitrogens with zero attached hydrogens (tertiary/aromatic N) is 1. The van der Waals surface area contributed by atoms with E-state index in [1.165, 1.54) is 0 Å². The molecule has 0 saturated heterocycles. The Bertz CT molecular complexity index is 563. The molecular weight excluding hydrogens is 280 g/mol. The Balaban J connectivity index is 2.01. The average molecular weight is 304 g/mol. The van der Waals surface area contributed by atoms with Gasteiger partial charge in [0.05, 0.1) is 17.3 Å². The molecule has 114 valence electrons. The van der Waals surface area contributed by atoms with E-state index in [0.29, 0.717) is 6.54 Å². The van der Waals surface area contributed by atoms with E-state index in [1.54, 1.807) is 11.3 Å². The highest BCUT2D eigenvalue weighted by atomic mass is 32.1. The standard InChI is InChI=1S/C17H24N2OS/c1-12(2)17(4,20)11-18-13(3)16-19-15(10-21-16)14-8-6-5-7-9-14/h5-10,12-13,18,20H,11H2,1-4H3. The van der Waals surface area contributed by atoms with Crippen molar-refractivity contribution in [2.75, 3.05) is 6.54 Å². The lowest BCUT2D eigenvalue weighted by Crippen LogP contribution is -2.42. The summed E-state index contributed by atoms with van der Waals surface area (Å²) in [6.07, 6.45) is 0. The monoisotopic (exact) mass is 304 g/mol. The van der Waals surface area contributed by atoms with Crippen LogP contribution < -0.4 is 5.32 Å². The van der Waals surface area contributed by atoms with Crippen molar-refractivity contribution in [3.63, 3.8) is 0 Å². The summed E-state index contributed by atoms with van der Waals surface area (Å²) in [7, 11) is 0. The van der Waals surface area contributed by atoms with Gasteiger partial charge in [0, 0.05) is 17.5 Å². The first-order chi connectivity index (χ1) is 9.90. The number of nitrogens with one attached hydrogen (secondary N) is 1. The molecule has 1 heterocycles. The van der Waals surface area contributed by atoms with Crippen LogP contribution in [0.5, 0.6) is 0 Å². The third kappa shape index (κ3) is 4.13. The van der Waals surface area contributed by atoms with E-state index < -0.39 is 5.60 Å². The Kier molecular flexibility index (Phi) is 5.14. The summed E-state index contributed by atoms with van der Waals surface area (Å²) in [5, 5.41) is 16.8. The molecule has 2 N–H and O–H groups in total. The minimum atomic E-state index is -0.701. The van der Waals surface area contributed by atoms with Crippen molar-refractivity contribution in [1.29, 1.82) is 0 Å². The third-order valence-corrected chi connectivity index (χ3v) is 5.00. The van der Waals surface area contributed by atoms with E-state index in [-0.39, 0.29) is 12.0 Å². The molecule has 0 aliphatic rings. The first-order valence-corrected chi connectivity index (χ1v) is 8.24. The first-order valence-electron chi connectivity index (χ1n) is 7.37. The van der Waals surface area contributed by atoms with Gasteiger partial charge in [0.1, 0.15) is 5.01 Å². The molecule has 21 heavy (non-hydrogen) atoms. The van der Waals surface area contributed by atoms with Crippen LogP contribution in [0.2, 0.25) is 0 Å². The molecule has 2 rings (SSSR count). The van der Waals surface area contributed by atoms with Gasteiger partial charge in [-0.15, -0.1) is 11.3 Å². The van der Waals surface area contributed by atoms with Crippen LogP contribution in [0.4, 0.5) is 0 Å². The number of thiazole rings is 1. The van der Waals surface area contributed by atoms with Crippen LogP contribution in [-0.4, -0.2) is 22.2 Å². The van der Waals surface area contributed by atoms with Crippen LogP contribution in [0.15, 0.2) is 35.7 Å². The fraction of sp³-hybridized carbons (Fsp3) is 0.471. The topological polar surface area (TPSA) is 45.1 Å². The number of aliphatic hydroxyl groups is 1. The van der Waals surface area contributed by atoms with Crippen LogP contribution in [-0.2, 0) is 0 Å². The molecule has 0 radical (unpaired) electrons. The number of hydrogen-bond acceptors (Lipinski definition) is 4. The zero-order valence-electron chi connectivity index (χ0n) is 13.1. The van der Waals surface area contributed by atoms with E-state index in [2.05, 4.69) is 29.8 Å². The Morgan fingerprint density at radius 3 is 2.52 bits per heavy atom. The molecule has 2 atom stereocenters. The molecule has 0 amide bonds. The van der Waals surface area contributed by atoms with Gasteiger partial charge in [-0.25, -0.2) is 4.98 Å². The van der Waals surface area contributed by atoms with Crippen LogP contribution in [0.3, 0.4) is 0 Å². The van der Waals surface area contributed by atoms with E-state index in [1.807, 2.05) is 39.0 Å². The molecule has 2 aromatic rings. The summed E-state index contributed by atoms with van der Waals surface area (Å²) >= 11 is 1.66. The summed E-state index contributed by atoms with van der Waals surface area (Å²) < 4.78 is 0. The molecule has 0 bridgehead atoms. The number of hydrogen-bond donors (Lipinski definition) is 2. The smallest absolute Gasteiger partial charge is 0.110 e. The largest absolute Gasteiger partial charge is 0.389 e. The molecule has 0 aliphatic heterocycles. The molecular formula is C17H24N2OS. The predicted molar refractivity (Wildman–Crippen MR) is 89.4 cm³/mol. The summed E-state index contributed by atoms with van der Waals surface area (Å²) in [6.45, 7) is 8.58. The van der Waals surface area contributed by atoms with Crippen LogP contribution in [0, 0.1) is 5.92 Å². The fourth-order valence-corrected chi connectivity index (χ4v) is 2.74. The normalized spacial score (nSPS) is 15.9. The van der Waals surface area contributed by atoms with Crippen molar-refractivity contribution in [2.24, 2.45) is 5.92 Å². The highest BCUT2D eigenvalue weighted by molar-refractivity contribution is 7.10. The first kappa shape index (κ1) is 16.1. The van der Waals surface area contributed by atoms with Crippen LogP contribution in [0.25, 0.3) is 11.3 Å². The molecule has 0 spiro atoms. The molecule has 3 nitrogen and oxygen atoms in total. The van der Waals surface area contributed by atoms with Gasteiger partial charge in [-0.05, 0) is 19.8 Å². The van der Waals surface area contributed by atoms with Gasteiger partial charge in [-0.1, -0.05) is 44.2 Å². The maximum atomic E-state index is 10.3. The van der Waals surface area contributed by atoms with Gasteiger partial charge in [0.25, 0.3) is 0 Å². The highest BCUT2D eigenvalue weighted by Gasteiger charge is 2.25. The van der Waals surface area contributed by atoms with E-state index in [4.69, 9.17) is 4.98 Å². The van der Waals surface area contributed by atoms with Crippen molar-refractivity contribution >= 4 is 11.3 Å². The van der Waals surface area contributed by atoms with Gasteiger partial charge < -0.3 is 10.4 Å². The second kappa shape index (κ2) is 6.69. The third-order valence-electron chi connectivity index (χ3n) is 3.97. The summed E-state index contributed by atoms with van der Waals surface area (Å²) in [5.41, 5.74) is 1.45. The predicted octanol–water partition coefficient (Wildman–Crippen LogP) is 3.87. The summed E-state index contributed by atoms with van der Waals surface area (Å²) in [5.74, 6) is 0.216. The van der Waals surface area contributed by atoms with Crippen molar-refractivity contribution in [2.45, 2.75) is 39.3 Å². The van der Waals surface area contributed by atoms with Crippen LogP contribution >= 0.6 is 11.3 Å². The van der Waals surface area contributed by atoms with E-state index >= 15 is 0 Å². The molecule has 0 fully saturated rings. The van der Waals surface area contributed by atoms with Gasteiger partial charge >= 0.3 is 0 Å². The quantitative estimate of drug-likeness (QED) is 0.851. The molecule has 1 aromatic carbocycles. The lowest BCUT2D eigenvalue weighted by atomic mass is 9.92. The summed E-state index contributed by atoms with van der Waals surface area (Å²) in [6, 6.07) is 10.3. The Morgan fingerprint density at radius 1 is 1.24 bits per heavy atom. The zero-order chi connectivity index (χ0) is 15.5. The van der Waals surface area contributed by atoms with Crippen molar-refractivity contribution in [1.82, 2.24) is 10.3 Å². The van der Waals surface area contributed by atoms with Crippen molar-refractivity contribution < 1.29 is 5.11 Å². The Hall–Kier alpha value is -1.23. The van der Waals surface area contributed by atoms with Gasteiger partial charge in [0.2, 0.25) is 0 Å². The SMILES string of the molecule is CC(NCC(C)(O)C(C)C)c1nc(-c2ccccc2)cs1. The fourth-order valence-electron chi connectivity index (χ4n) is 1.88. The minimum absolute atomic E-state index is 0.137. The maximum absolute atomic E-state index is 10.3. The van der Waals surface area contributed by atoms with Crippen molar-refractivity contribution in [3.05, 3.63) is 40.7 Å². The zero-order valence-corrected chi connectivity index (χ0v) is 13.9. The van der Waals surface area contributed by atoms with Crippen molar-refractivity contribution in [3.8, 4) is 11.3 Å². The Morgan fingerprint density at radius 2 is 1.90 bits per heavy atom. The maximum Gasteiger partial charge on any atom is 0.110 e. The lowest BCUT2D eigenvalue weighted by molar-refractivity contribution is 0.0122. The minimum Gasteiger partial charge on any atom is -0.389 e. The second-order valence-electron chi connectivity index (χ2n) is 6.05. The van der Waals surface area contributed by atoms with Gasteiger partial charge in [0.15, 0.2) is 0 Å². The van der Waals surface area contributed by atoms with Crippen LogP contribution in [0.1, 0.15) is 38.7 Å². The number of rotatable bonds is 6. The lowest BCUT2D eigenvalue weighted by Gasteiger charge is -2.29. The number of aromatic nitrogens is 1. The second-order valence-corrected chi connectivity index (χ2v) is 6.94. The van der Waals surface area contributed by atoms with Gasteiger partial charge in [-0.2, -0.15) is 0 Å². The Labute approximate surface area is 131 Å². The van der Waals surface area contributed by atoms with Gasteiger partial charge in [-0.3, -0.25) is 0 Å². The van der Waals surface area contributed by atoms with E-state index in [0.717, 1.165) is 16.3 Å². The highest BCUT2D eigenvalue weighted by Crippen LogP contribution is 2.25. The van der Waals surface area contributed by atoms with E-state index in [9.17, 15) is 5.11 Å². The molecule has 0 aliphatic carbocycles. The molecule has 2 unspecified atom stereocenters. The molecule has 1 aromatic heterocycles. The average Bonchev–Trinajstić information content (AvgIpc) is 2.95. The number of benzene rings is 1. The molecule has 4 heteroatoms. The summed E-state index contributed by atoms with van der Waals surface area (Å²) in [4.78, 5) is 4.70. The molecule has 0 saturated carbocycles.